The number of amides is 2. The molecule has 1 heterocycles. The van der Waals surface area contributed by atoms with Crippen LogP contribution in [0.25, 0.3) is 0 Å². The highest BCUT2D eigenvalue weighted by Gasteiger charge is 2.34. The Labute approximate surface area is 208 Å². The third-order valence-electron chi connectivity index (χ3n) is 6.20. The summed E-state index contributed by atoms with van der Waals surface area (Å²) in [6.07, 6.45) is 9.90. The van der Waals surface area contributed by atoms with Crippen molar-refractivity contribution in [1.29, 1.82) is 0 Å². The van der Waals surface area contributed by atoms with Gasteiger partial charge in [0.1, 0.15) is 0 Å². The first-order valence-corrected chi connectivity index (χ1v) is 12.3. The van der Waals surface area contributed by atoms with Crippen LogP contribution in [0.15, 0.2) is 90.1 Å². The van der Waals surface area contributed by atoms with Crippen LogP contribution in [0, 0.1) is 0 Å². The van der Waals surface area contributed by atoms with Crippen LogP contribution in [0.4, 0.5) is 0 Å². The molecule has 2 N–H and O–H groups in total. The smallest absolute Gasteiger partial charge is 0.251 e. The van der Waals surface area contributed by atoms with Crippen LogP contribution in [-0.4, -0.2) is 41.1 Å². The van der Waals surface area contributed by atoms with Gasteiger partial charge in [0.25, 0.3) is 5.91 Å². The lowest BCUT2D eigenvalue weighted by molar-refractivity contribution is -0.133. The molecule has 1 saturated heterocycles. The summed E-state index contributed by atoms with van der Waals surface area (Å²) in [7, 11) is 0. The molecule has 0 radical (unpaired) electrons. The summed E-state index contributed by atoms with van der Waals surface area (Å²) in [5, 5.41) is 7.54. The highest BCUT2D eigenvalue weighted by Crippen LogP contribution is 2.25. The molecule has 1 fully saturated rings. The number of carbonyl (C=O) groups is 2. The van der Waals surface area contributed by atoms with Crippen molar-refractivity contribution in [3.63, 3.8) is 0 Å². The second-order valence-corrected chi connectivity index (χ2v) is 8.86. The average Bonchev–Trinajstić information content (AvgIpc) is 3.38. The molecule has 1 aliphatic rings. The predicted molar refractivity (Wildman–Crippen MR) is 142 cm³/mol. The number of nitrogens with zero attached hydrogens (tertiary/aromatic N) is 2. The maximum absolute atomic E-state index is 13.5. The van der Waals surface area contributed by atoms with E-state index in [1.165, 1.54) is 0 Å². The van der Waals surface area contributed by atoms with Gasteiger partial charge in [0.05, 0.1) is 30.3 Å². The number of likely N-dealkylation sites (tertiary alicyclic amines) is 1. The number of benzene rings is 2. The largest absolute Gasteiger partial charge is 0.345 e. The van der Waals surface area contributed by atoms with Gasteiger partial charge < -0.3 is 15.6 Å². The van der Waals surface area contributed by atoms with Gasteiger partial charge in [-0.1, -0.05) is 66.8 Å². The molecule has 2 amide bonds. The molecule has 1 unspecified atom stereocenters. The lowest BCUT2D eigenvalue weighted by Gasteiger charge is -2.31. The summed E-state index contributed by atoms with van der Waals surface area (Å²) in [4.78, 5) is 28.3. The van der Waals surface area contributed by atoms with Crippen LogP contribution in [-0.2, 0) is 4.79 Å². The summed E-state index contributed by atoms with van der Waals surface area (Å²) in [5.41, 5.74) is 5.59. The molecular formula is C29H36N4O2. The molecule has 184 valence electrons. The van der Waals surface area contributed by atoms with Crippen LogP contribution in [0.5, 0.6) is 0 Å². The van der Waals surface area contributed by atoms with E-state index in [2.05, 4.69) is 22.8 Å². The number of hydrogen-bond donors (Lipinski definition) is 2. The van der Waals surface area contributed by atoms with Crippen molar-refractivity contribution in [3.8, 4) is 0 Å². The van der Waals surface area contributed by atoms with E-state index in [1.54, 1.807) is 12.1 Å². The van der Waals surface area contributed by atoms with Crippen molar-refractivity contribution >= 4 is 17.5 Å². The second kappa shape index (κ2) is 13.3. The van der Waals surface area contributed by atoms with Crippen molar-refractivity contribution in [3.05, 3.63) is 96.1 Å². The van der Waals surface area contributed by atoms with Gasteiger partial charge in [-0.15, -0.1) is 0 Å². The third kappa shape index (κ3) is 7.67. The summed E-state index contributed by atoms with van der Waals surface area (Å²) >= 11 is 0. The summed E-state index contributed by atoms with van der Waals surface area (Å²) in [5.74, 6) is -0.145. The number of allylic oxidation sites excluding steroid dienone is 4. The van der Waals surface area contributed by atoms with Crippen LogP contribution < -0.4 is 10.7 Å². The quantitative estimate of drug-likeness (QED) is 0.290. The van der Waals surface area contributed by atoms with Crippen LogP contribution in [0.3, 0.4) is 0 Å². The number of carbonyl (C=O) groups excluding carboxylic acids is 2. The van der Waals surface area contributed by atoms with Gasteiger partial charge in [-0.05, 0) is 57.4 Å². The molecule has 3 rings (SSSR count). The fraction of sp³-hybridized carbons (Fsp3) is 0.345. The first-order valence-electron chi connectivity index (χ1n) is 12.3. The fourth-order valence-corrected chi connectivity index (χ4v) is 4.32. The lowest BCUT2D eigenvalue weighted by atomic mass is 10.0. The number of hydrogen-bond acceptors (Lipinski definition) is 4. The minimum atomic E-state index is -0.405. The average molecular weight is 473 g/mol. The van der Waals surface area contributed by atoms with Gasteiger partial charge in [-0.3, -0.25) is 9.59 Å². The van der Waals surface area contributed by atoms with Gasteiger partial charge in [-0.25, -0.2) is 0 Å². The van der Waals surface area contributed by atoms with E-state index < -0.39 is 6.04 Å². The Balaban J connectivity index is 1.69. The van der Waals surface area contributed by atoms with Crippen LogP contribution in [0.2, 0.25) is 0 Å². The van der Waals surface area contributed by atoms with Crippen molar-refractivity contribution in [1.82, 2.24) is 15.6 Å². The number of rotatable bonds is 10. The molecule has 6 nitrogen and oxygen atoms in total. The molecule has 6 heteroatoms. The van der Waals surface area contributed by atoms with Crippen molar-refractivity contribution in [2.45, 2.75) is 58.2 Å². The zero-order valence-corrected chi connectivity index (χ0v) is 20.9. The van der Waals surface area contributed by atoms with E-state index >= 15 is 0 Å². The number of hydrazone groups is 1. The topological polar surface area (TPSA) is 73.8 Å². The normalized spacial score (nSPS) is 18.1. The molecule has 2 aromatic rings. The molecule has 0 aromatic heterocycles. The van der Waals surface area contributed by atoms with Gasteiger partial charge in [0.15, 0.2) is 0 Å². The molecule has 35 heavy (non-hydrogen) atoms. The van der Waals surface area contributed by atoms with E-state index in [0.717, 1.165) is 24.1 Å². The Kier molecular flexibility index (Phi) is 9.84. The fourth-order valence-electron chi connectivity index (χ4n) is 4.32. The highest BCUT2D eigenvalue weighted by atomic mass is 16.2. The molecular weight excluding hydrogens is 436 g/mol. The Hall–Kier alpha value is -3.67. The van der Waals surface area contributed by atoms with Gasteiger partial charge in [0.2, 0.25) is 5.91 Å². The zero-order valence-electron chi connectivity index (χ0n) is 20.9. The molecule has 1 aliphatic heterocycles. The summed E-state index contributed by atoms with van der Waals surface area (Å²) < 4.78 is 0. The Morgan fingerprint density at radius 2 is 1.77 bits per heavy atom. The van der Waals surface area contributed by atoms with Crippen molar-refractivity contribution < 1.29 is 9.59 Å². The molecule has 0 bridgehead atoms. The van der Waals surface area contributed by atoms with Crippen LogP contribution >= 0.6 is 0 Å². The minimum Gasteiger partial charge on any atom is -0.345 e. The summed E-state index contributed by atoms with van der Waals surface area (Å²) in [6, 6.07) is 18.5. The molecule has 0 spiro atoms. The van der Waals surface area contributed by atoms with E-state index in [0.29, 0.717) is 12.1 Å². The predicted octanol–water partition coefficient (Wildman–Crippen LogP) is 5.03. The van der Waals surface area contributed by atoms with Gasteiger partial charge in [0, 0.05) is 12.1 Å². The Morgan fingerprint density at radius 1 is 1.09 bits per heavy atom. The van der Waals surface area contributed by atoms with Gasteiger partial charge in [-0.2, -0.15) is 5.10 Å². The highest BCUT2D eigenvalue weighted by molar-refractivity contribution is 5.95. The molecule has 3 atom stereocenters. The molecule has 0 aliphatic carbocycles. The SMILES string of the molecule is C\C=C/C=C\C(C)=N\NC(C)[C@@H]1CCCN1C(=O)C[C@H](NC(=O)c1ccccc1)c1ccccc1. The van der Waals surface area contributed by atoms with Crippen molar-refractivity contribution in [2.75, 3.05) is 6.54 Å². The van der Waals surface area contributed by atoms with E-state index in [4.69, 9.17) is 0 Å². The first-order chi connectivity index (χ1) is 17.0. The molecule has 0 saturated carbocycles. The van der Waals surface area contributed by atoms with E-state index in [9.17, 15) is 9.59 Å². The Morgan fingerprint density at radius 3 is 2.46 bits per heavy atom. The van der Waals surface area contributed by atoms with E-state index in [-0.39, 0.29) is 30.3 Å². The minimum absolute atomic E-state index is 0.0144. The Bertz CT molecular complexity index is 1050. The molecule has 2 aromatic carbocycles. The maximum Gasteiger partial charge on any atom is 0.251 e. The summed E-state index contributed by atoms with van der Waals surface area (Å²) in [6.45, 7) is 6.69. The second-order valence-electron chi connectivity index (χ2n) is 8.86. The monoisotopic (exact) mass is 472 g/mol. The maximum atomic E-state index is 13.5. The third-order valence-corrected chi connectivity index (χ3v) is 6.20. The van der Waals surface area contributed by atoms with Crippen molar-refractivity contribution in [2.24, 2.45) is 5.10 Å². The first kappa shape index (κ1) is 25.9. The number of nitrogens with one attached hydrogen (secondary N) is 2. The lowest BCUT2D eigenvalue weighted by Crippen LogP contribution is -2.47. The van der Waals surface area contributed by atoms with E-state index in [1.807, 2.05) is 91.6 Å². The van der Waals surface area contributed by atoms with Gasteiger partial charge >= 0.3 is 0 Å². The van der Waals surface area contributed by atoms with Crippen LogP contribution in [0.1, 0.15) is 62.0 Å². The zero-order chi connectivity index (χ0) is 25.0. The standard InChI is InChI=1S/C29H36N4O2/c1-4-5-8-14-22(2)31-32-23(3)27-19-13-20-33(27)28(34)21-26(24-15-9-6-10-16-24)30-29(35)25-17-11-7-12-18-25/h4-12,14-18,23,26-27,32H,13,19-21H2,1-3H3,(H,30,35)/b5-4-,14-8-,31-22+/t23?,26-,27-/m0/s1.